The van der Waals surface area contributed by atoms with Crippen LogP contribution in [-0.4, -0.2) is 7.11 Å². The zero-order valence-electron chi connectivity index (χ0n) is 11.8. The highest BCUT2D eigenvalue weighted by Crippen LogP contribution is 2.21. The molecule has 1 aromatic carbocycles. The maximum atomic E-state index is 5.26. The van der Waals surface area contributed by atoms with Gasteiger partial charge >= 0.3 is 0 Å². The molecule has 1 unspecified atom stereocenters. The molecule has 0 amide bonds. The normalized spacial score (nSPS) is 12.4. The maximum Gasteiger partial charge on any atom is 0.119 e. The SMILES string of the molecule is CCc1ccc(CNC(C)c2cccc(OC)c2)s1. The van der Waals surface area contributed by atoms with Crippen molar-refractivity contribution in [1.29, 1.82) is 0 Å². The van der Waals surface area contributed by atoms with Crippen molar-refractivity contribution in [3.63, 3.8) is 0 Å². The second-order valence-corrected chi connectivity index (χ2v) is 5.85. The van der Waals surface area contributed by atoms with Crippen LogP contribution in [0.5, 0.6) is 5.75 Å². The molecular formula is C16H21NOS. The first-order valence-corrected chi connectivity index (χ1v) is 7.49. The number of hydrogen-bond acceptors (Lipinski definition) is 3. The lowest BCUT2D eigenvalue weighted by Gasteiger charge is -2.14. The van der Waals surface area contributed by atoms with Gasteiger partial charge in [0.15, 0.2) is 0 Å². The van der Waals surface area contributed by atoms with Gasteiger partial charge in [0.25, 0.3) is 0 Å². The second kappa shape index (κ2) is 6.73. The predicted molar refractivity (Wildman–Crippen MR) is 81.9 cm³/mol. The van der Waals surface area contributed by atoms with E-state index in [-0.39, 0.29) is 0 Å². The summed E-state index contributed by atoms with van der Waals surface area (Å²) in [7, 11) is 1.70. The van der Waals surface area contributed by atoms with Crippen LogP contribution in [0.25, 0.3) is 0 Å². The minimum absolute atomic E-state index is 0.322. The van der Waals surface area contributed by atoms with Gasteiger partial charge < -0.3 is 10.1 Å². The molecule has 3 heteroatoms. The standard InChI is InChI=1S/C16H21NOS/c1-4-15-8-9-16(19-15)11-17-12(2)13-6-5-7-14(10-13)18-3/h5-10,12,17H,4,11H2,1-3H3. The molecule has 0 saturated carbocycles. The van der Waals surface area contributed by atoms with Crippen molar-refractivity contribution in [2.75, 3.05) is 7.11 Å². The van der Waals surface area contributed by atoms with Crippen LogP contribution in [0, 0.1) is 0 Å². The van der Waals surface area contributed by atoms with Crippen LogP contribution < -0.4 is 10.1 Å². The van der Waals surface area contributed by atoms with Crippen LogP contribution in [0.3, 0.4) is 0 Å². The van der Waals surface area contributed by atoms with Crippen molar-refractivity contribution >= 4 is 11.3 Å². The molecule has 1 heterocycles. The summed E-state index contributed by atoms with van der Waals surface area (Å²) in [5.74, 6) is 0.913. The van der Waals surface area contributed by atoms with Gasteiger partial charge in [-0.05, 0) is 43.2 Å². The second-order valence-electron chi connectivity index (χ2n) is 4.60. The summed E-state index contributed by atoms with van der Waals surface area (Å²) >= 11 is 1.89. The van der Waals surface area contributed by atoms with Crippen molar-refractivity contribution in [2.45, 2.75) is 32.9 Å². The topological polar surface area (TPSA) is 21.3 Å². The highest BCUT2D eigenvalue weighted by molar-refractivity contribution is 7.11. The van der Waals surface area contributed by atoms with Crippen molar-refractivity contribution < 1.29 is 4.74 Å². The molecule has 102 valence electrons. The summed E-state index contributed by atoms with van der Waals surface area (Å²) < 4.78 is 5.26. The van der Waals surface area contributed by atoms with Gasteiger partial charge in [-0.3, -0.25) is 0 Å². The number of benzene rings is 1. The smallest absolute Gasteiger partial charge is 0.119 e. The Morgan fingerprint density at radius 2 is 2.00 bits per heavy atom. The highest BCUT2D eigenvalue weighted by atomic mass is 32.1. The van der Waals surface area contributed by atoms with Crippen LogP contribution in [0.4, 0.5) is 0 Å². The monoisotopic (exact) mass is 275 g/mol. The lowest BCUT2D eigenvalue weighted by atomic mass is 10.1. The van der Waals surface area contributed by atoms with Gasteiger partial charge in [-0.1, -0.05) is 19.1 Å². The fourth-order valence-electron chi connectivity index (χ4n) is 1.99. The maximum absolute atomic E-state index is 5.26. The molecule has 0 aliphatic carbocycles. The Balaban J connectivity index is 1.94. The van der Waals surface area contributed by atoms with E-state index in [1.807, 2.05) is 23.5 Å². The van der Waals surface area contributed by atoms with Gasteiger partial charge in [-0.25, -0.2) is 0 Å². The van der Waals surface area contributed by atoms with Crippen LogP contribution in [-0.2, 0) is 13.0 Å². The Morgan fingerprint density at radius 1 is 1.21 bits per heavy atom. The van der Waals surface area contributed by atoms with Gasteiger partial charge in [-0.15, -0.1) is 11.3 Å². The minimum atomic E-state index is 0.322. The van der Waals surface area contributed by atoms with Gasteiger partial charge in [0.1, 0.15) is 5.75 Å². The van der Waals surface area contributed by atoms with Crippen molar-refractivity contribution in [3.05, 3.63) is 51.7 Å². The highest BCUT2D eigenvalue weighted by Gasteiger charge is 2.06. The number of rotatable bonds is 6. The molecule has 1 atom stereocenters. The van der Waals surface area contributed by atoms with E-state index in [1.54, 1.807) is 7.11 Å². The minimum Gasteiger partial charge on any atom is -0.497 e. The molecule has 0 aliphatic heterocycles. The molecule has 0 aliphatic rings. The quantitative estimate of drug-likeness (QED) is 0.854. The third kappa shape index (κ3) is 3.82. The van der Waals surface area contributed by atoms with Gasteiger partial charge in [0.2, 0.25) is 0 Å². The van der Waals surface area contributed by atoms with Gasteiger partial charge in [0, 0.05) is 22.3 Å². The van der Waals surface area contributed by atoms with E-state index in [1.165, 1.54) is 15.3 Å². The number of nitrogens with one attached hydrogen (secondary N) is 1. The molecule has 2 aromatic rings. The average molecular weight is 275 g/mol. The predicted octanol–water partition coefficient (Wildman–Crippen LogP) is 4.17. The number of hydrogen-bond donors (Lipinski definition) is 1. The first kappa shape index (κ1) is 14.1. The molecule has 0 saturated heterocycles. The Morgan fingerprint density at radius 3 is 2.68 bits per heavy atom. The molecule has 1 N–H and O–H groups in total. The number of aryl methyl sites for hydroxylation is 1. The lowest BCUT2D eigenvalue weighted by Crippen LogP contribution is -2.17. The third-order valence-corrected chi connectivity index (χ3v) is 4.47. The Kier molecular flexibility index (Phi) is 5.00. The van der Waals surface area contributed by atoms with Gasteiger partial charge in [-0.2, -0.15) is 0 Å². The molecule has 0 fully saturated rings. The Bertz CT molecular complexity index is 521. The largest absolute Gasteiger partial charge is 0.497 e. The van der Waals surface area contributed by atoms with E-state index >= 15 is 0 Å². The van der Waals surface area contributed by atoms with Crippen LogP contribution in [0.2, 0.25) is 0 Å². The zero-order valence-corrected chi connectivity index (χ0v) is 12.6. The summed E-state index contributed by atoms with van der Waals surface area (Å²) in [5, 5.41) is 3.56. The van der Waals surface area contributed by atoms with E-state index in [9.17, 15) is 0 Å². The first-order chi connectivity index (χ1) is 9.22. The molecule has 19 heavy (non-hydrogen) atoms. The van der Waals surface area contributed by atoms with Gasteiger partial charge in [0.05, 0.1) is 7.11 Å². The Hall–Kier alpha value is -1.32. The first-order valence-electron chi connectivity index (χ1n) is 6.68. The Labute approximate surface area is 119 Å². The van der Waals surface area contributed by atoms with Crippen LogP contribution in [0.15, 0.2) is 36.4 Å². The summed E-state index contributed by atoms with van der Waals surface area (Å²) in [5.41, 5.74) is 1.26. The number of ether oxygens (including phenoxy) is 1. The van der Waals surface area contributed by atoms with Crippen molar-refractivity contribution in [1.82, 2.24) is 5.32 Å². The van der Waals surface area contributed by atoms with Crippen molar-refractivity contribution in [3.8, 4) is 5.75 Å². The van der Waals surface area contributed by atoms with E-state index in [4.69, 9.17) is 4.74 Å². The molecule has 2 rings (SSSR count). The fraction of sp³-hybridized carbons (Fsp3) is 0.375. The fourth-order valence-corrected chi connectivity index (χ4v) is 2.90. The van der Waals surface area contributed by atoms with Crippen LogP contribution >= 0.6 is 11.3 Å². The van der Waals surface area contributed by atoms with E-state index in [0.29, 0.717) is 6.04 Å². The third-order valence-electron chi connectivity index (χ3n) is 3.24. The van der Waals surface area contributed by atoms with E-state index < -0.39 is 0 Å². The zero-order chi connectivity index (χ0) is 13.7. The molecular weight excluding hydrogens is 254 g/mol. The lowest BCUT2D eigenvalue weighted by molar-refractivity contribution is 0.413. The van der Waals surface area contributed by atoms with E-state index in [2.05, 4.69) is 43.4 Å². The number of methoxy groups -OCH3 is 1. The molecule has 2 nitrogen and oxygen atoms in total. The van der Waals surface area contributed by atoms with Crippen LogP contribution in [0.1, 0.15) is 35.2 Å². The summed E-state index contributed by atoms with van der Waals surface area (Å²) in [6.45, 7) is 5.30. The molecule has 0 bridgehead atoms. The molecule has 0 radical (unpaired) electrons. The van der Waals surface area contributed by atoms with E-state index in [0.717, 1.165) is 18.7 Å². The average Bonchev–Trinajstić information content (AvgIpc) is 2.93. The number of thiophene rings is 1. The summed E-state index contributed by atoms with van der Waals surface area (Å²) in [6, 6.07) is 13.0. The molecule has 0 spiro atoms. The molecule has 1 aromatic heterocycles. The summed E-state index contributed by atoms with van der Waals surface area (Å²) in [4.78, 5) is 2.84. The van der Waals surface area contributed by atoms with Crippen molar-refractivity contribution in [2.24, 2.45) is 0 Å². The summed E-state index contributed by atoms with van der Waals surface area (Å²) in [6.07, 6.45) is 1.12.